The summed E-state index contributed by atoms with van der Waals surface area (Å²) in [6.07, 6.45) is 3.43. The molecule has 0 bridgehead atoms. The Morgan fingerprint density at radius 2 is 1.29 bits per heavy atom. The van der Waals surface area contributed by atoms with Crippen molar-refractivity contribution < 1.29 is 9.59 Å². The summed E-state index contributed by atoms with van der Waals surface area (Å²) in [5.41, 5.74) is 2.34. The first kappa shape index (κ1) is 26.4. The first-order valence-corrected chi connectivity index (χ1v) is 14.1. The summed E-state index contributed by atoms with van der Waals surface area (Å²) < 4.78 is 0. The van der Waals surface area contributed by atoms with Crippen LogP contribution in [-0.4, -0.2) is 47.8 Å². The van der Waals surface area contributed by atoms with Crippen molar-refractivity contribution >= 4 is 45.1 Å². The molecule has 0 spiro atoms. The average Bonchev–Trinajstić information content (AvgIpc) is 3.01. The fraction of sp³-hybridized carbons (Fsp3) is 0.235. The number of anilines is 2. The van der Waals surface area contributed by atoms with Crippen molar-refractivity contribution in [1.29, 1.82) is 0 Å². The van der Waals surface area contributed by atoms with E-state index in [4.69, 9.17) is 9.97 Å². The molecule has 7 heteroatoms. The third-order valence-corrected chi connectivity index (χ3v) is 7.85. The summed E-state index contributed by atoms with van der Waals surface area (Å²) in [6.45, 7) is 0. The van der Waals surface area contributed by atoms with Gasteiger partial charge in [-0.1, -0.05) is 72.8 Å². The van der Waals surface area contributed by atoms with Gasteiger partial charge in [0, 0.05) is 42.7 Å². The summed E-state index contributed by atoms with van der Waals surface area (Å²) in [5.74, 6) is 1.16. The van der Waals surface area contributed by atoms with Gasteiger partial charge in [0.05, 0.1) is 11.1 Å². The van der Waals surface area contributed by atoms with Crippen LogP contribution in [0.4, 0.5) is 11.8 Å². The third kappa shape index (κ3) is 5.48. The minimum atomic E-state index is -0.209. The molecule has 0 saturated heterocycles. The minimum absolute atomic E-state index is 0.0381. The van der Waals surface area contributed by atoms with Gasteiger partial charge in [-0.15, -0.1) is 0 Å². The third-order valence-electron chi connectivity index (χ3n) is 7.85. The number of hydrogen-bond acceptors (Lipinski definition) is 6. The lowest BCUT2D eigenvalue weighted by atomic mass is 9.90. The Morgan fingerprint density at radius 3 is 2.07 bits per heavy atom. The number of benzene rings is 4. The summed E-state index contributed by atoms with van der Waals surface area (Å²) in [5, 5.41) is 9.62. The molecule has 4 aromatic carbocycles. The van der Waals surface area contributed by atoms with Crippen LogP contribution in [0, 0.1) is 0 Å². The Hall–Kier alpha value is -4.78. The fourth-order valence-electron chi connectivity index (χ4n) is 5.74. The van der Waals surface area contributed by atoms with Crippen LogP contribution in [0.25, 0.3) is 21.7 Å². The van der Waals surface area contributed by atoms with E-state index in [9.17, 15) is 9.59 Å². The van der Waals surface area contributed by atoms with Crippen LogP contribution in [0.3, 0.4) is 0 Å². The molecule has 1 fully saturated rings. The average molecular weight is 544 g/mol. The number of aromatic nitrogens is 2. The van der Waals surface area contributed by atoms with Gasteiger partial charge in [0.2, 0.25) is 5.95 Å². The highest BCUT2D eigenvalue weighted by atomic mass is 16.2. The number of nitrogens with zero attached hydrogens (tertiary/aromatic N) is 3. The second-order valence-electron chi connectivity index (χ2n) is 10.9. The van der Waals surface area contributed by atoms with Gasteiger partial charge in [0.25, 0.3) is 5.91 Å². The molecule has 0 unspecified atom stereocenters. The molecule has 206 valence electrons. The van der Waals surface area contributed by atoms with E-state index in [1.807, 2.05) is 91.8 Å². The van der Waals surface area contributed by atoms with E-state index in [2.05, 4.69) is 10.6 Å². The van der Waals surface area contributed by atoms with E-state index in [0.29, 0.717) is 22.6 Å². The maximum Gasteiger partial charge on any atom is 0.252 e. The van der Waals surface area contributed by atoms with E-state index in [-0.39, 0.29) is 23.8 Å². The van der Waals surface area contributed by atoms with Crippen LogP contribution >= 0.6 is 0 Å². The van der Waals surface area contributed by atoms with E-state index in [0.717, 1.165) is 53.2 Å². The zero-order valence-electron chi connectivity index (χ0n) is 23.3. The van der Waals surface area contributed by atoms with Crippen molar-refractivity contribution in [2.75, 3.05) is 24.3 Å². The van der Waals surface area contributed by atoms with Gasteiger partial charge in [0.1, 0.15) is 5.82 Å². The van der Waals surface area contributed by atoms with Crippen molar-refractivity contribution in [2.24, 2.45) is 0 Å². The van der Waals surface area contributed by atoms with Gasteiger partial charge < -0.3 is 15.5 Å². The van der Waals surface area contributed by atoms with Crippen LogP contribution < -0.4 is 15.5 Å². The van der Waals surface area contributed by atoms with Gasteiger partial charge in [-0.2, -0.15) is 4.98 Å². The molecule has 0 radical (unpaired) electrons. The van der Waals surface area contributed by atoms with E-state index >= 15 is 0 Å². The lowest BCUT2D eigenvalue weighted by Crippen LogP contribution is -2.40. The normalized spacial score (nSPS) is 16.8. The Morgan fingerprint density at radius 1 is 0.683 bits per heavy atom. The molecule has 1 aliphatic carbocycles. The van der Waals surface area contributed by atoms with Crippen molar-refractivity contribution in [3.63, 3.8) is 0 Å². The number of nitrogens with one attached hydrogen (secondary N) is 2. The number of hydrogen-bond donors (Lipinski definition) is 2. The standard InChI is InChI=1S/C34H33N5O2/c1-39(2)32-29-15-7-8-17-30(29)37-34(38-32)36-24-20-18-23(19-21-24)35-33(41)28-14-6-5-13-27(28)31(40)26-16-9-11-22-10-3-4-12-25(22)26/h3-17,23-24H,18-21H2,1-2H3,(H,35,41)(H,36,37,38). The first-order valence-electron chi connectivity index (χ1n) is 14.1. The highest BCUT2D eigenvalue weighted by Gasteiger charge is 2.26. The van der Waals surface area contributed by atoms with Crippen molar-refractivity contribution in [1.82, 2.24) is 15.3 Å². The van der Waals surface area contributed by atoms with Crippen molar-refractivity contribution in [3.05, 3.63) is 108 Å². The van der Waals surface area contributed by atoms with Crippen LogP contribution in [0.2, 0.25) is 0 Å². The molecule has 1 aromatic heterocycles. The monoisotopic (exact) mass is 543 g/mol. The molecule has 0 atom stereocenters. The summed E-state index contributed by atoms with van der Waals surface area (Å²) >= 11 is 0. The number of amides is 1. The highest BCUT2D eigenvalue weighted by molar-refractivity contribution is 6.20. The molecule has 2 N–H and O–H groups in total. The molecule has 41 heavy (non-hydrogen) atoms. The SMILES string of the molecule is CN(C)c1nc(NC2CCC(NC(=O)c3ccccc3C(=O)c3cccc4ccccc34)CC2)nc2ccccc12. The number of carbonyl (C=O) groups is 2. The van der Waals surface area contributed by atoms with E-state index in [1.165, 1.54) is 0 Å². The quantitative estimate of drug-likeness (QED) is 0.237. The first-order chi connectivity index (χ1) is 20.0. The molecule has 6 rings (SSSR count). The highest BCUT2D eigenvalue weighted by Crippen LogP contribution is 2.27. The summed E-state index contributed by atoms with van der Waals surface area (Å²) in [4.78, 5) is 38.6. The largest absolute Gasteiger partial charge is 0.362 e. The van der Waals surface area contributed by atoms with Gasteiger partial charge in [0.15, 0.2) is 5.78 Å². The molecule has 1 saturated carbocycles. The summed E-state index contributed by atoms with van der Waals surface area (Å²) in [6, 6.07) is 28.9. The number of para-hydroxylation sites is 1. The van der Waals surface area contributed by atoms with Crippen LogP contribution in [0.15, 0.2) is 91.0 Å². The lowest BCUT2D eigenvalue weighted by Gasteiger charge is -2.30. The van der Waals surface area contributed by atoms with Gasteiger partial charge in [-0.05, 0) is 54.7 Å². The maximum absolute atomic E-state index is 13.6. The smallest absolute Gasteiger partial charge is 0.252 e. The Bertz CT molecular complexity index is 1740. The molecule has 5 aromatic rings. The zero-order chi connectivity index (χ0) is 28.3. The fourth-order valence-corrected chi connectivity index (χ4v) is 5.74. The van der Waals surface area contributed by atoms with Crippen LogP contribution in [0.5, 0.6) is 0 Å². The predicted octanol–water partition coefficient (Wildman–Crippen LogP) is 6.23. The van der Waals surface area contributed by atoms with E-state index < -0.39 is 0 Å². The second-order valence-corrected chi connectivity index (χ2v) is 10.9. The maximum atomic E-state index is 13.6. The molecule has 0 aliphatic heterocycles. The molecule has 1 heterocycles. The Balaban J connectivity index is 1.13. The Kier molecular flexibility index (Phi) is 7.33. The van der Waals surface area contributed by atoms with Gasteiger partial charge in [-0.25, -0.2) is 4.98 Å². The van der Waals surface area contributed by atoms with Crippen molar-refractivity contribution in [3.8, 4) is 0 Å². The zero-order valence-corrected chi connectivity index (χ0v) is 23.3. The second kappa shape index (κ2) is 11.4. The van der Waals surface area contributed by atoms with E-state index in [1.54, 1.807) is 18.2 Å². The molecule has 1 amide bonds. The number of rotatable bonds is 7. The van der Waals surface area contributed by atoms with Gasteiger partial charge in [-0.3, -0.25) is 9.59 Å². The molecule has 1 aliphatic rings. The van der Waals surface area contributed by atoms with Crippen molar-refractivity contribution in [2.45, 2.75) is 37.8 Å². The summed E-state index contributed by atoms with van der Waals surface area (Å²) in [7, 11) is 3.97. The molecular weight excluding hydrogens is 510 g/mol. The number of carbonyl (C=O) groups excluding carboxylic acids is 2. The Labute approximate surface area is 239 Å². The minimum Gasteiger partial charge on any atom is -0.362 e. The molecular formula is C34H33N5O2. The topological polar surface area (TPSA) is 87.2 Å². The van der Waals surface area contributed by atoms with Crippen LogP contribution in [0.1, 0.15) is 52.0 Å². The predicted molar refractivity (Wildman–Crippen MR) is 165 cm³/mol. The number of ketones is 1. The molecule has 7 nitrogen and oxygen atoms in total. The number of fused-ring (bicyclic) bond motifs is 2. The van der Waals surface area contributed by atoms with Gasteiger partial charge >= 0.3 is 0 Å². The van der Waals surface area contributed by atoms with Crippen LogP contribution in [-0.2, 0) is 0 Å². The lowest BCUT2D eigenvalue weighted by molar-refractivity contribution is 0.0917.